The number of hydrogen-bond acceptors (Lipinski definition) is 4. The van der Waals surface area contributed by atoms with Gasteiger partial charge in [0.25, 0.3) is 5.69 Å². The van der Waals surface area contributed by atoms with Gasteiger partial charge in [0.15, 0.2) is 0 Å². The summed E-state index contributed by atoms with van der Waals surface area (Å²) in [5.74, 6) is 0.182. The number of alkyl halides is 3. The van der Waals surface area contributed by atoms with Crippen LogP contribution in [0.4, 0.5) is 24.5 Å². The average Bonchev–Trinajstić information content (AvgIpc) is 2.35. The Kier molecular flexibility index (Phi) is 5.32. The quantitative estimate of drug-likeness (QED) is 0.624. The Morgan fingerprint density at radius 2 is 2.00 bits per heavy atom. The fourth-order valence-corrected chi connectivity index (χ4v) is 1.71. The molecule has 0 spiro atoms. The first-order valence-electron chi connectivity index (χ1n) is 5.99. The lowest BCUT2D eigenvalue weighted by atomic mass is 10.1. The van der Waals surface area contributed by atoms with Crippen molar-refractivity contribution in [3.05, 3.63) is 33.9 Å². The molecule has 0 bridgehead atoms. The van der Waals surface area contributed by atoms with Crippen molar-refractivity contribution >= 4 is 11.4 Å². The third-order valence-corrected chi connectivity index (χ3v) is 2.72. The van der Waals surface area contributed by atoms with Gasteiger partial charge in [-0.05, 0) is 31.6 Å². The van der Waals surface area contributed by atoms with Crippen LogP contribution in [-0.2, 0) is 6.18 Å². The Labute approximate surface area is 114 Å². The van der Waals surface area contributed by atoms with Crippen molar-refractivity contribution in [3.8, 4) is 0 Å². The van der Waals surface area contributed by atoms with E-state index in [-0.39, 0.29) is 11.6 Å². The van der Waals surface area contributed by atoms with Crippen LogP contribution in [0.25, 0.3) is 0 Å². The lowest BCUT2D eigenvalue weighted by Gasteiger charge is -2.14. The zero-order chi connectivity index (χ0) is 15.3. The highest BCUT2D eigenvalue weighted by Crippen LogP contribution is 2.34. The van der Waals surface area contributed by atoms with Gasteiger partial charge in [-0.3, -0.25) is 10.1 Å². The molecule has 0 fully saturated rings. The van der Waals surface area contributed by atoms with Crippen molar-refractivity contribution < 1.29 is 18.1 Å². The third-order valence-electron chi connectivity index (χ3n) is 2.72. The van der Waals surface area contributed by atoms with Gasteiger partial charge in [-0.1, -0.05) is 6.92 Å². The molecule has 0 aromatic heterocycles. The van der Waals surface area contributed by atoms with E-state index in [4.69, 9.17) is 0 Å². The van der Waals surface area contributed by atoms with Gasteiger partial charge in [0.2, 0.25) is 0 Å². The van der Waals surface area contributed by atoms with Gasteiger partial charge in [0.1, 0.15) is 5.69 Å². The summed E-state index contributed by atoms with van der Waals surface area (Å²) in [6.07, 6.45) is -4.59. The number of benzene rings is 1. The third kappa shape index (κ3) is 4.37. The molecule has 20 heavy (non-hydrogen) atoms. The maximum atomic E-state index is 12.5. The maximum Gasteiger partial charge on any atom is 0.416 e. The van der Waals surface area contributed by atoms with Crippen molar-refractivity contribution in [1.29, 1.82) is 0 Å². The number of nitrogens with zero attached hydrogens (tertiary/aromatic N) is 1. The molecule has 8 heteroatoms. The first kappa shape index (κ1) is 16.2. The first-order valence-corrected chi connectivity index (χ1v) is 5.99. The molecule has 0 heterocycles. The van der Waals surface area contributed by atoms with E-state index in [1.807, 2.05) is 6.92 Å². The molecule has 112 valence electrons. The monoisotopic (exact) mass is 291 g/mol. The fraction of sp³-hybridized carbons (Fsp3) is 0.500. The molecule has 1 aromatic carbocycles. The minimum Gasteiger partial charge on any atom is -0.379 e. The number of anilines is 1. The van der Waals surface area contributed by atoms with E-state index in [0.29, 0.717) is 19.2 Å². The summed E-state index contributed by atoms with van der Waals surface area (Å²) in [4.78, 5) is 10.0. The van der Waals surface area contributed by atoms with Crippen molar-refractivity contribution in [1.82, 2.24) is 5.32 Å². The Morgan fingerprint density at radius 1 is 1.35 bits per heavy atom. The predicted molar refractivity (Wildman–Crippen MR) is 69.7 cm³/mol. The molecule has 1 aromatic rings. The van der Waals surface area contributed by atoms with Crippen LogP contribution in [0.2, 0.25) is 0 Å². The molecule has 0 amide bonds. The Balaban J connectivity index is 2.94. The van der Waals surface area contributed by atoms with Crippen molar-refractivity contribution in [2.45, 2.75) is 13.1 Å². The van der Waals surface area contributed by atoms with E-state index in [1.165, 1.54) is 0 Å². The van der Waals surface area contributed by atoms with E-state index in [9.17, 15) is 23.3 Å². The smallest absolute Gasteiger partial charge is 0.379 e. The highest BCUT2D eigenvalue weighted by Gasteiger charge is 2.33. The minimum atomic E-state index is -4.59. The van der Waals surface area contributed by atoms with Gasteiger partial charge in [-0.25, -0.2) is 0 Å². The molecule has 0 radical (unpaired) electrons. The Bertz CT molecular complexity index is 478. The number of rotatable bonds is 6. The van der Waals surface area contributed by atoms with Crippen LogP contribution in [0.3, 0.4) is 0 Å². The minimum absolute atomic E-state index is 0.0888. The summed E-state index contributed by atoms with van der Waals surface area (Å²) >= 11 is 0. The Hall–Kier alpha value is -1.83. The van der Waals surface area contributed by atoms with Crippen molar-refractivity contribution in [2.24, 2.45) is 5.92 Å². The van der Waals surface area contributed by atoms with Gasteiger partial charge in [0.05, 0.1) is 10.5 Å². The van der Waals surface area contributed by atoms with Crippen molar-refractivity contribution in [2.75, 3.05) is 25.5 Å². The highest BCUT2D eigenvalue weighted by atomic mass is 19.4. The highest BCUT2D eigenvalue weighted by molar-refractivity contribution is 5.62. The molecule has 2 N–H and O–H groups in total. The second kappa shape index (κ2) is 6.56. The van der Waals surface area contributed by atoms with E-state index in [2.05, 4.69) is 10.6 Å². The van der Waals surface area contributed by atoms with Crippen LogP contribution >= 0.6 is 0 Å². The first-order chi connectivity index (χ1) is 9.25. The molecule has 0 saturated carbocycles. The molecule has 1 unspecified atom stereocenters. The molecule has 0 saturated heterocycles. The van der Waals surface area contributed by atoms with Crippen LogP contribution in [0.15, 0.2) is 18.2 Å². The topological polar surface area (TPSA) is 67.2 Å². The molecular weight excluding hydrogens is 275 g/mol. The molecular formula is C12H16F3N3O2. The van der Waals surface area contributed by atoms with Gasteiger partial charge >= 0.3 is 6.18 Å². The van der Waals surface area contributed by atoms with Crippen LogP contribution in [0, 0.1) is 16.0 Å². The molecule has 1 atom stereocenters. The summed E-state index contributed by atoms with van der Waals surface area (Å²) < 4.78 is 37.6. The number of hydrogen-bond donors (Lipinski definition) is 2. The maximum absolute atomic E-state index is 12.5. The van der Waals surface area contributed by atoms with Crippen molar-refractivity contribution in [3.63, 3.8) is 0 Å². The second-order valence-electron chi connectivity index (χ2n) is 4.53. The zero-order valence-electron chi connectivity index (χ0n) is 11.1. The van der Waals surface area contributed by atoms with Gasteiger partial charge in [-0.2, -0.15) is 13.2 Å². The van der Waals surface area contributed by atoms with Crippen LogP contribution in [0.5, 0.6) is 0 Å². The lowest BCUT2D eigenvalue weighted by Crippen LogP contribution is -2.23. The average molecular weight is 291 g/mol. The molecule has 0 aliphatic carbocycles. The van der Waals surface area contributed by atoms with Crippen LogP contribution in [0.1, 0.15) is 12.5 Å². The summed E-state index contributed by atoms with van der Waals surface area (Å²) in [6.45, 7) is 3.04. The lowest BCUT2D eigenvalue weighted by molar-refractivity contribution is -0.384. The molecule has 0 aliphatic rings. The SMILES string of the molecule is CNCC(C)CNc1ccc(C(F)(F)F)cc1[N+](=O)[O-]. The molecule has 0 aliphatic heterocycles. The zero-order valence-corrected chi connectivity index (χ0v) is 11.1. The summed E-state index contributed by atoms with van der Waals surface area (Å²) in [5, 5.41) is 16.6. The number of nitrogens with one attached hydrogen (secondary N) is 2. The van der Waals surface area contributed by atoms with Gasteiger partial charge < -0.3 is 10.6 Å². The van der Waals surface area contributed by atoms with E-state index in [1.54, 1.807) is 7.05 Å². The number of nitro groups is 1. The Morgan fingerprint density at radius 3 is 2.50 bits per heavy atom. The largest absolute Gasteiger partial charge is 0.416 e. The second-order valence-corrected chi connectivity index (χ2v) is 4.53. The normalized spacial score (nSPS) is 13.1. The van der Waals surface area contributed by atoms with Gasteiger partial charge in [0, 0.05) is 12.6 Å². The van der Waals surface area contributed by atoms with Crippen LogP contribution in [-0.4, -0.2) is 25.1 Å². The summed E-state index contributed by atoms with van der Waals surface area (Å²) in [5.41, 5.74) is -1.51. The fourth-order valence-electron chi connectivity index (χ4n) is 1.71. The number of nitro benzene ring substituents is 1. The van der Waals surface area contributed by atoms with E-state index in [0.717, 1.165) is 12.1 Å². The van der Waals surface area contributed by atoms with Crippen LogP contribution < -0.4 is 10.6 Å². The van der Waals surface area contributed by atoms with E-state index >= 15 is 0 Å². The molecule has 5 nitrogen and oxygen atoms in total. The molecule has 1 rings (SSSR count). The number of halogens is 3. The predicted octanol–water partition coefficient (Wildman–Crippen LogP) is 2.88. The van der Waals surface area contributed by atoms with Gasteiger partial charge in [-0.15, -0.1) is 0 Å². The summed E-state index contributed by atoms with van der Waals surface area (Å²) in [7, 11) is 1.77. The van der Waals surface area contributed by atoms with E-state index < -0.39 is 22.4 Å². The standard InChI is InChI=1S/C12H16F3N3O2/c1-8(6-16-2)7-17-10-4-3-9(12(13,14)15)5-11(10)18(19)20/h3-5,8,16-17H,6-7H2,1-2H3. The summed E-state index contributed by atoms with van der Waals surface area (Å²) in [6, 6.07) is 2.47.